The van der Waals surface area contributed by atoms with Crippen LogP contribution in [0, 0.1) is 0 Å². The molecule has 244 valence electrons. The molecule has 2 aliphatic rings. The Kier molecular flexibility index (Phi) is 3.23. The highest BCUT2D eigenvalue weighted by Crippen LogP contribution is 2.44. The molecule has 10 rings (SSSR count). The van der Waals surface area contributed by atoms with Crippen molar-refractivity contribution in [3.05, 3.63) is 200 Å². The Morgan fingerprint density at radius 2 is 1.10 bits per heavy atom. The quantitative estimate of drug-likeness (QED) is 0.161. The summed E-state index contributed by atoms with van der Waals surface area (Å²) in [6.07, 6.45) is 0. The Bertz CT molecular complexity index is 3950. The number of nitrogens with zero attached hydrogens (tertiary/aromatic N) is 2. The van der Waals surface area contributed by atoms with Crippen LogP contribution in [0.5, 0.6) is 11.5 Å². The van der Waals surface area contributed by atoms with Crippen LogP contribution in [0.2, 0.25) is 0 Å². The monoisotopic (exact) mass is 691 g/mol. The molecule has 0 radical (unpaired) electrons. The molecule has 0 aromatic heterocycles. The van der Waals surface area contributed by atoms with Crippen LogP contribution in [0.25, 0.3) is 22.3 Å². The van der Waals surface area contributed by atoms with Crippen molar-refractivity contribution >= 4 is 57.2 Å². The van der Waals surface area contributed by atoms with Crippen molar-refractivity contribution in [1.82, 2.24) is 0 Å². The van der Waals surface area contributed by atoms with Crippen molar-refractivity contribution in [2.24, 2.45) is 0 Å². The first-order valence-electron chi connectivity index (χ1n) is 29.1. The van der Waals surface area contributed by atoms with Crippen LogP contribution in [0.4, 0.5) is 34.1 Å². The Balaban J connectivity index is 1.33. The molecule has 0 saturated heterocycles. The zero-order chi connectivity index (χ0) is 57.9. The smallest absolute Gasteiger partial charge is 0.256 e. The van der Waals surface area contributed by atoms with Crippen molar-refractivity contribution in [3.63, 3.8) is 0 Å². The molecule has 0 N–H and O–H groups in total. The van der Waals surface area contributed by atoms with Gasteiger partial charge in [0.05, 0.1) is 37.0 Å². The number of hydrogen-bond acceptors (Lipinski definition) is 3. The lowest BCUT2D eigenvalue weighted by atomic mass is 9.34. The molecule has 8 aromatic carbocycles. The summed E-state index contributed by atoms with van der Waals surface area (Å²) in [5.74, 6) is -0.222. The van der Waals surface area contributed by atoms with Crippen LogP contribution in [0.15, 0.2) is 200 Å². The average molecular weight is 692 g/mol. The predicted octanol–water partition coefficient (Wildman–Crippen LogP) is 10.9. The fourth-order valence-electron chi connectivity index (χ4n) is 6.34. The molecule has 8 aromatic rings. The summed E-state index contributed by atoms with van der Waals surface area (Å²) in [6.45, 7) is -1.37. The van der Waals surface area contributed by atoms with Gasteiger partial charge in [-0.25, -0.2) is 0 Å². The van der Waals surface area contributed by atoms with Crippen LogP contribution in [-0.2, 0) is 0 Å². The van der Waals surface area contributed by atoms with Gasteiger partial charge in [0, 0.05) is 40.2 Å². The van der Waals surface area contributed by atoms with E-state index in [0.29, 0.717) is 0 Å². The van der Waals surface area contributed by atoms with E-state index < -0.39 is 215 Å². The van der Waals surface area contributed by atoms with Gasteiger partial charge in [-0.2, -0.15) is 0 Å². The number of benzene rings is 8. The molecule has 0 fully saturated rings. The fraction of sp³-hybridized carbons (Fsp3) is 0. The topological polar surface area (TPSA) is 15.7 Å². The van der Waals surface area contributed by atoms with Crippen molar-refractivity contribution in [2.45, 2.75) is 0 Å². The van der Waals surface area contributed by atoms with Crippen LogP contribution >= 0.6 is 0 Å². The summed E-state index contributed by atoms with van der Waals surface area (Å²) in [4.78, 5) is 1.93. The molecule has 0 atom stereocenters. The van der Waals surface area contributed by atoms with Gasteiger partial charge in [-0.1, -0.05) is 133 Å². The first kappa shape index (κ1) is 13.4. The van der Waals surface area contributed by atoms with E-state index in [1.807, 2.05) is 0 Å². The largest absolute Gasteiger partial charge is 0.458 e. The second kappa shape index (κ2) is 12.5. The lowest BCUT2D eigenvalue weighted by Gasteiger charge is -2.40. The molecule has 0 bridgehead atoms. The van der Waals surface area contributed by atoms with Crippen molar-refractivity contribution in [2.75, 3.05) is 9.80 Å². The molecule has 4 heteroatoms. The van der Waals surface area contributed by atoms with E-state index in [2.05, 4.69) is 0 Å². The normalized spacial score (nSPS) is 19.6. The molecule has 0 unspecified atom stereocenters. The summed E-state index contributed by atoms with van der Waals surface area (Å²) in [6, 6.07) is -14.7. The summed E-state index contributed by atoms with van der Waals surface area (Å²) in [5.41, 5.74) is -5.58. The van der Waals surface area contributed by atoms with Gasteiger partial charge in [0.25, 0.3) is 6.71 Å². The third kappa shape index (κ3) is 5.08. The number of para-hydroxylation sites is 2. The summed E-state index contributed by atoms with van der Waals surface area (Å²) < 4.78 is 246. The Labute approximate surface area is 342 Å². The second-order valence-electron chi connectivity index (χ2n) is 11.3. The minimum atomic E-state index is -1.37. The number of anilines is 6. The molecule has 52 heavy (non-hydrogen) atoms. The predicted molar refractivity (Wildman–Crippen MR) is 218 cm³/mol. The molecular weight excluding hydrogens is 631 g/mol. The highest BCUT2D eigenvalue weighted by molar-refractivity contribution is 6.99. The standard InChI is InChI=1S/C48H33BN2O/c1-5-15-34(16-6-1)36-19-13-24-40(31-36)51-44-25-14-26-46-48(44)49(42-29-27-37(32-45(42)51)35-17-7-2-8-18-35)43-30-28-41(33-47(43)52-46)50(38-20-9-3-10-21-38)39-22-11-4-12-23-39/h1-33H/i1D,2D,3D,4D,5D,6D,7D,8D,9D,10D,11D,12D,13D,15D,16D,17D,18D,19D,20D,21D,22D,23D,24D,27D,29D,31D,32D. The van der Waals surface area contributed by atoms with Crippen molar-refractivity contribution in [3.8, 4) is 33.8 Å². The minimum absolute atomic E-state index is 0.0702. The van der Waals surface area contributed by atoms with E-state index in [1.54, 1.807) is 0 Å². The molecule has 0 spiro atoms. The summed E-state index contributed by atoms with van der Waals surface area (Å²) >= 11 is 0. The maximum atomic E-state index is 10.1. The lowest BCUT2D eigenvalue weighted by Crippen LogP contribution is -2.59. The molecule has 2 aliphatic heterocycles. The third-order valence-electron chi connectivity index (χ3n) is 8.45. The van der Waals surface area contributed by atoms with Crippen molar-refractivity contribution < 1.29 is 41.7 Å². The highest BCUT2D eigenvalue weighted by atomic mass is 16.5. The lowest BCUT2D eigenvalue weighted by molar-refractivity contribution is 0.487. The van der Waals surface area contributed by atoms with Gasteiger partial charge in [-0.05, 0) is 99.1 Å². The number of fused-ring (bicyclic) bond motifs is 4. The van der Waals surface area contributed by atoms with Gasteiger partial charge < -0.3 is 14.5 Å². The number of hydrogen-bond donors (Lipinski definition) is 0. The van der Waals surface area contributed by atoms with E-state index in [-0.39, 0.29) is 39.3 Å². The molecule has 0 aliphatic carbocycles. The van der Waals surface area contributed by atoms with Crippen LogP contribution < -0.4 is 30.9 Å². The average Bonchev–Trinajstić information content (AvgIpc) is 3.62. The number of rotatable bonds is 6. The van der Waals surface area contributed by atoms with Gasteiger partial charge in [-0.3, -0.25) is 0 Å². The number of ether oxygens (including phenoxy) is 1. The zero-order valence-corrected chi connectivity index (χ0v) is 26.3. The summed E-state index contributed by atoms with van der Waals surface area (Å²) in [7, 11) is 0. The first-order chi connectivity index (χ1) is 37.0. The van der Waals surface area contributed by atoms with Gasteiger partial charge in [0.15, 0.2) is 0 Å². The molecule has 2 heterocycles. The molecule has 3 nitrogen and oxygen atoms in total. The fourth-order valence-corrected chi connectivity index (χ4v) is 6.34. The van der Waals surface area contributed by atoms with E-state index in [1.165, 1.54) is 36.4 Å². The van der Waals surface area contributed by atoms with Gasteiger partial charge >= 0.3 is 0 Å². The maximum Gasteiger partial charge on any atom is 0.256 e. The molecule has 0 saturated carbocycles. The Hall–Kier alpha value is -6.78. The van der Waals surface area contributed by atoms with Gasteiger partial charge in [-0.15, -0.1) is 0 Å². The molecule has 0 amide bonds. The third-order valence-corrected chi connectivity index (χ3v) is 8.45. The van der Waals surface area contributed by atoms with E-state index >= 15 is 0 Å². The first-order valence-corrected chi connectivity index (χ1v) is 15.6. The minimum Gasteiger partial charge on any atom is -0.458 e. The molecular formula is C48H33BN2O. The Morgan fingerprint density at radius 3 is 1.77 bits per heavy atom. The second-order valence-corrected chi connectivity index (χ2v) is 11.3. The summed E-state index contributed by atoms with van der Waals surface area (Å²) in [5, 5.41) is 0. The maximum absolute atomic E-state index is 10.1. The van der Waals surface area contributed by atoms with E-state index in [0.717, 1.165) is 9.80 Å². The zero-order valence-electron chi connectivity index (χ0n) is 53.3. The van der Waals surface area contributed by atoms with Crippen LogP contribution in [0.1, 0.15) is 37.0 Å². The van der Waals surface area contributed by atoms with Crippen molar-refractivity contribution in [1.29, 1.82) is 0 Å². The van der Waals surface area contributed by atoms with Crippen LogP contribution in [0.3, 0.4) is 0 Å². The van der Waals surface area contributed by atoms with Gasteiger partial charge in [0.2, 0.25) is 0 Å². The van der Waals surface area contributed by atoms with Gasteiger partial charge in [0.1, 0.15) is 11.5 Å². The van der Waals surface area contributed by atoms with E-state index in [4.69, 9.17) is 34.9 Å². The Morgan fingerprint density at radius 1 is 0.481 bits per heavy atom. The van der Waals surface area contributed by atoms with E-state index in [9.17, 15) is 6.85 Å². The SMILES string of the molecule is [2H]c1c([2H])c([2H])c(-c2c([2H])c([2H])c([2H])c(N3c4cccc5c4B(c4ccc(N(c6c([2H])c([2H])c([2H])c([2H])c6[2H])c6c([2H])c([2H])c([2H])c([2H])c6[2H])cc4O5)c4c([2H])c([2H])c(-c5c([2H])c([2H])c([2H])c([2H])c5[2H])c([2H])c43)c2[2H])c([2H])c1[2H]. The van der Waals surface area contributed by atoms with Crippen LogP contribution in [-0.4, -0.2) is 6.71 Å². The highest BCUT2D eigenvalue weighted by Gasteiger charge is 2.42.